The van der Waals surface area contributed by atoms with E-state index >= 15 is 0 Å². The molecule has 0 radical (unpaired) electrons. The van der Waals surface area contributed by atoms with Crippen LogP contribution in [0.2, 0.25) is 0 Å². The van der Waals surface area contributed by atoms with Gasteiger partial charge in [-0.25, -0.2) is 0 Å². The summed E-state index contributed by atoms with van der Waals surface area (Å²) in [5, 5.41) is 0.363. The predicted molar refractivity (Wildman–Crippen MR) is 122 cm³/mol. The molecule has 168 valence electrons. The summed E-state index contributed by atoms with van der Waals surface area (Å²) in [6.45, 7) is 3.34. The molecule has 3 aromatic rings. The number of amides is 2. The van der Waals surface area contributed by atoms with Crippen molar-refractivity contribution in [3.05, 3.63) is 75.6 Å². The average molecular weight is 444 g/mol. The Morgan fingerprint density at radius 1 is 1.06 bits per heavy atom. The number of benzene rings is 2. The van der Waals surface area contributed by atoms with Crippen LogP contribution in [0.25, 0.3) is 11.0 Å². The second-order valence-corrected chi connectivity index (χ2v) is 8.87. The first kappa shape index (κ1) is 20.2. The number of para-hydroxylation sites is 2. The molecule has 2 atom stereocenters. The van der Waals surface area contributed by atoms with Crippen molar-refractivity contribution in [1.82, 2.24) is 4.90 Å². The molecule has 0 N–H and O–H groups in total. The van der Waals surface area contributed by atoms with Gasteiger partial charge in [0.25, 0.3) is 11.8 Å². The summed E-state index contributed by atoms with van der Waals surface area (Å²) < 4.78 is 11.9. The van der Waals surface area contributed by atoms with E-state index in [0.717, 1.165) is 24.9 Å². The number of fused-ring (bicyclic) bond motifs is 5. The highest BCUT2D eigenvalue weighted by Gasteiger charge is 2.65. The van der Waals surface area contributed by atoms with Crippen molar-refractivity contribution >= 4 is 28.5 Å². The van der Waals surface area contributed by atoms with Crippen LogP contribution < -0.4 is 10.3 Å². The number of nitrogens with zero attached hydrogens (tertiary/aromatic N) is 2. The maximum absolute atomic E-state index is 14.3. The third-order valence-corrected chi connectivity index (χ3v) is 7.00. The minimum absolute atomic E-state index is 0.0433. The molecule has 7 nitrogen and oxygen atoms in total. The van der Waals surface area contributed by atoms with Crippen molar-refractivity contribution in [3.8, 4) is 0 Å². The van der Waals surface area contributed by atoms with Crippen LogP contribution >= 0.6 is 0 Å². The fourth-order valence-corrected chi connectivity index (χ4v) is 5.63. The molecule has 6 rings (SSSR count). The van der Waals surface area contributed by atoms with Gasteiger partial charge in [-0.3, -0.25) is 14.4 Å². The molecular weight excluding hydrogens is 420 g/mol. The second-order valence-electron chi connectivity index (χ2n) is 8.87. The summed E-state index contributed by atoms with van der Waals surface area (Å²) in [5.74, 6) is -0.763. The minimum Gasteiger partial charge on any atom is -0.450 e. The van der Waals surface area contributed by atoms with Gasteiger partial charge in [0, 0.05) is 25.3 Å². The van der Waals surface area contributed by atoms with Gasteiger partial charge in [0.1, 0.15) is 5.58 Å². The number of carbonyl (C=O) groups excluding carboxylic acids is 2. The molecule has 2 amide bonds. The first-order valence-electron chi connectivity index (χ1n) is 11.5. The highest BCUT2D eigenvalue weighted by atomic mass is 16.5. The lowest BCUT2D eigenvalue weighted by Crippen LogP contribution is -2.55. The molecule has 2 aromatic carbocycles. The number of rotatable bonds is 4. The summed E-state index contributed by atoms with van der Waals surface area (Å²) in [7, 11) is 0. The van der Waals surface area contributed by atoms with Gasteiger partial charge in [0.05, 0.1) is 22.7 Å². The van der Waals surface area contributed by atoms with Crippen LogP contribution in [0.3, 0.4) is 0 Å². The standard InChI is InChI=1S/C26H24N2O5/c1-2-13-27-19-11-5-4-10-18(19)26(25(27)31)21-22(29)17-9-3-6-12-20(17)33-23(21)24(30)28(26)15-16-8-7-14-32-16/h3-6,9-12,16H,2,7-8,13-15H2,1H3/t16-,26+/m1/s1. The first-order chi connectivity index (χ1) is 16.1. The van der Waals surface area contributed by atoms with Gasteiger partial charge in [0.15, 0.2) is 11.0 Å². The van der Waals surface area contributed by atoms with Gasteiger partial charge >= 0.3 is 0 Å². The Labute approximate surface area is 190 Å². The average Bonchev–Trinajstić information content (AvgIpc) is 3.49. The fourth-order valence-electron chi connectivity index (χ4n) is 5.63. The molecule has 0 saturated carbocycles. The summed E-state index contributed by atoms with van der Waals surface area (Å²) in [6, 6.07) is 14.3. The lowest BCUT2D eigenvalue weighted by molar-refractivity contribution is -0.126. The molecule has 3 aliphatic rings. The smallest absolute Gasteiger partial charge is 0.291 e. The molecule has 3 aliphatic heterocycles. The van der Waals surface area contributed by atoms with E-state index in [1.165, 1.54) is 4.90 Å². The molecule has 4 heterocycles. The Morgan fingerprint density at radius 3 is 2.64 bits per heavy atom. The number of ether oxygens (including phenoxy) is 1. The monoisotopic (exact) mass is 444 g/mol. The number of anilines is 1. The van der Waals surface area contributed by atoms with Crippen LogP contribution in [-0.2, 0) is 15.1 Å². The van der Waals surface area contributed by atoms with Crippen molar-refractivity contribution in [2.45, 2.75) is 37.8 Å². The Hall–Kier alpha value is -3.45. The number of hydrogen-bond acceptors (Lipinski definition) is 5. The van der Waals surface area contributed by atoms with E-state index in [0.29, 0.717) is 29.7 Å². The van der Waals surface area contributed by atoms with Crippen molar-refractivity contribution in [1.29, 1.82) is 0 Å². The zero-order valence-electron chi connectivity index (χ0n) is 18.4. The van der Waals surface area contributed by atoms with Crippen LogP contribution in [0.4, 0.5) is 5.69 Å². The maximum Gasteiger partial charge on any atom is 0.291 e. The van der Waals surface area contributed by atoms with E-state index in [2.05, 4.69) is 0 Å². The van der Waals surface area contributed by atoms with Crippen LogP contribution in [0.1, 0.15) is 47.9 Å². The SMILES string of the molecule is CCCN1C(=O)[C@]2(c3ccccc31)c1c(oc3ccccc3c1=O)C(=O)N2C[C@H]1CCCO1. The number of carbonyl (C=O) groups is 2. The van der Waals surface area contributed by atoms with Crippen molar-refractivity contribution in [3.63, 3.8) is 0 Å². The summed E-state index contributed by atoms with van der Waals surface area (Å²) in [4.78, 5) is 45.2. The van der Waals surface area contributed by atoms with Crippen LogP contribution in [0, 0.1) is 0 Å². The Balaban J connectivity index is 1.68. The molecule has 0 unspecified atom stereocenters. The van der Waals surface area contributed by atoms with Crippen molar-refractivity contribution < 1.29 is 18.7 Å². The zero-order valence-corrected chi connectivity index (χ0v) is 18.4. The van der Waals surface area contributed by atoms with Crippen LogP contribution in [0.5, 0.6) is 0 Å². The van der Waals surface area contributed by atoms with E-state index < -0.39 is 11.4 Å². The van der Waals surface area contributed by atoms with Gasteiger partial charge in [-0.05, 0) is 37.5 Å². The van der Waals surface area contributed by atoms with E-state index in [4.69, 9.17) is 9.15 Å². The zero-order chi connectivity index (χ0) is 22.7. The molecular formula is C26H24N2O5. The van der Waals surface area contributed by atoms with Gasteiger partial charge in [-0.1, -0.05) is 37.3 Å². The summed E-state index contributed by atoms with van der Waals surface area (Å²) in [5.41, 5.74) is -0.0370. The Morgan fingerprint density at radius 2 is 1.85 bits per heavy atom. The molecule has 33 heavy (non-hydrogen) atoms. The third kappa shape index (κ3) is 2.57. The van der Waals surface area contributed by atoms with Crippen LogP contribution in [0.15, 0.2) is 57.7 Å². The Bertz CT molecular complexity index is 1360. The maximum atomic E-state index is 14.3. The quantitative estimate of drug-likeness (QED) is 0.616. The molecule has 1 aromatic heterocycles. The predicted octanol–water partition coefficient (Wildman–Crippen LogP) is 3.43. The van der Waals surface area contributed by atoms with E-state index in [9.17, 15) is 14.4 Å². The van der Waals surface area contributed by atoms with Gasteiger partial charge in [-0.15, -0.1) is 0 Å². The van der Waals surface area contributed by atoms with Crippen LogP contribution in [-0.4, -0.2) is 42.5 Å². The van der Waals surface area contributed by atoms with E-state index in [1.807, 2.05) is 31.2 Å². The molecule has 1 fully saturated rings. The summed E-state index contributed by atoms with van der Waals surface area (Å²) >= 11 is 0. The second kappa shape index (κ2) is 7.28. The van der Waals surface area contributed by atoms with Crippen molar-refractivity contribution in [2.75, 3.05) is 24.6 Å². The lowest BCUT2D eigenvalue weighted by Gasteiger charge is -2.35. The topological polar surface area (TPSA) is 80.1 Å². The first-order valence-corrected chi connectivity index (χ1v) is 11.5. The normalized spacial score (nSPS) is 23.7. The lowest BCUT2D eigenvalue weighted by atomic mass is 9.83. The van der Waals surface area contributed by atoms with E-state index in [1.54, 1.807) is 29.2 Å². The summed E-state index contributed by atoms with van der Waals surface area (Å²) in [6.07, 6.45) is 2.26. The highest BCUT2D eigenvalue weighted by Crippen LogP contribution is 2.52. The molecule has 1 spiro atoms. The van der Waals surface area contributed by atoms with E-state index in [-0.39, 0.29) is 35.3 Å². The Kier molecular flexibility index (Phi) is 4.45. The van der Waals surface area contributed by atoms with Gasteiger partial charge < -0.3 is 19.0 Å². The van der Waals surface area contributed by atoms with Crippen molar-refractivity contribution in [2.24, 2.45) is 0 Å². The molecule has 7 heteroatoms. The number of hydrogen-bond donors (Lipinski definition) is 0. The fraction of sp³-hybridized carbons (Fsp3) is 0.346. The highest BCUT2D eigenvalue weighted by molar-refractivity contribution is 6.17. The largest absolute Gasteiger partial charge is 0.450 e. The van der Waals surface area contributed by atoms with Gasteiger partial charge in [-0.2, -0.15) is 0 Å². The molecule has 1 saturated heterocycles. The molecule has 0 aliphatic carbocycles. The molecule has 0 bridgehead atoms. The minimum atomic E-state index is -1.55. The van der Waals surface area contributed by atoms with Gasteiger partial charge in [0.2, 0.25) is 5.76 Å². The third-order valence-electron chi connectivity index (χ3n) is 7.00.